The molecule has 1 aliphatic rings. The molecule has 0 radical (unpaired) electrons. The predicted octanol–water partition coefficient (Wildman–Crippen LogP) is 5.97. The van der Waals surface area contributed by atoms with E-state index in [4.69, 9.17) is 14.5 Å². The second-order valence-corrected chi connectivity index (χ2v) is 7.88. The van der Waals surface area contributed by atoms with Gasteiger partial charge in [0.2, 0.25) is 0 Å². The third-order valence-corrected chi connectivity index (χ3v) is 6.04. The molecule has 1 fully saturated rings. The largest absolute Gasteiger partial charge is 0.497 e. The van der Waals surface area contributed by atoms with E-state index in [9.17, 15) is 0 Å². The van der Waals surface area contributed by atoms with Gasteiger partial charge in [-0.1, -0.05) is 18.9 Å². The van der Waals surface area contributed by atoms with Crippen molar-refractivity contribution in [2.75, 3.05) is 19.5 Å². The monoisotopic (exact) mass is 414 g/mol. The molecule has 0 saturated heterocycles. The van der Waals surface area contributed by atoms with Crippen LogP contribution in [0.25, 0.3) is 22.3 Å². The first-order chi connectivity index (χ1) is 15.3. The molecule has 1 aliphatic carbocycles. The molecule has 6 heteroatoms. The van der Waals surface area contributed by atoms with Crippen LogP contribution in [0.5, 0.6) is 11.5 Å². The Hall–Kier alpha value is -3.54. The molecule has 2 aromatic carbocycles. The van der Waals surface area contributed by atoms with Crippen LogP contribution >= 0.6 is 0 Å². The van der Waals surface area contributed by atoms with Crippen LogP contribution < -0.4 is 14.8 Å². The number of benzene rings is 2. The van der Waals surface area contributed by atoms with Crippen LogP contribution in [0.4, 0.5) is 11.5 Å². The standard InChI is InChI=1S/C25H26N4O2/c1-30-20-12-10-17(11-13-20)23-15-22-24(28-18-6-5-9-21(14-18)31-2)26-16-27-25(22)29(23)19-7-3-4-8-19/h5-6,9-16,19H,3-4,7-8H2,1-2H3,(H,26,27,28). The van der Waals surface area contributed by atoms with Gasteiger partial charge in [0.05, 0.1) is 25.3 Å². The first-order valence-electron chi connectivity index (χ1n) is 10.7. The third kappa shape index (κ3) is 3.69. The fourth-order valence-electron chi connectivity index (χ4n) is 4.48. The lowest BCUT2D eigenvalue weighted by molar-refractivity contribution is 0.415. The Morgan fingerprint density at radius 3 is 2.42 bits per heavy atom. The van der Waals surface area contributed by atoms with Gasteiger partial charge >= 0.3 is 0 Å². The minimum atomic E-state index is 0.453. The van der Waals surface area contributed by atoms with Gasteiger partial charge in [-0.25, -0.2) is 9.97 Å². The van der Waals surface area contributed by atoms with Gasteiger partial charge in [-0.05, 0) is 60.9 Å². The van der Waals surface area contributed by atoms with E-state index in [1.54, 1.807) is 20.5 Å². The van der Waals surface area contributed by atoms with Gasteiger partial charge in [0.15, 0.2) is 0 Å². The zero-order chi connectivity index (χ0) is 21.2. The molecule has 2 heterocycles. The van der Waals surface area contributed by atoms with Gasteiger partial charge in [-0.3, -0.25) is 0 Å². The fraction of sp³-hybridized carbons (Fsp3) is 0.280. The SMILES string of the molecule is COc1ccc(-c2cc3c(Nc4cccc(OC)c4)ncnc3n2C2CCCC2)cc1. The van der Waals surface area contributed by atoms with Crippen molar-refractivity contribution in [3.05, 3.63) is 60.9 Å². The average molecular weight is 415 g/mol. The number of fused-ring (bicyclic) bond motifs is 1. The lowest BCUT2D eigenvalue weighted by atomic mass is 10.1. The summed E-state index contributed by atoms with van der Waals surface area (Å²) in [6, 6.07) is 18.8. The topological polar surface area (TPSA) is 61.2 Å². The van der Waals surface area contributed by atoms with E-state index in [2.05, 4.69) is 33.1 Å². The Labute approximate surface area is 181 Å². The van der Waals surface area contributed by atoms with E-state index in [1.165, 1.54) is 31.4 Å². The highest BCUT2D eigenvalue weighted by Crippen LogP contribution is 2.40. The Morgan fingerprint density at radius 2 is 1.68 bits per heavy atom. The molecule has 6 nitrogen and oxygen atoms in total. The first kappa shape index (κ1) is 19.4. The summed E-state index contributed by atoms with van der Waals surface area (Å²) in [5, 5.41) is 4.47. The van der Waals surface area contributed by atoms with E-state index >= 15 is 0 Å². The molecule has 0 aliphatic heterocycles. The van der Waals surface area contributed by atoms with Gasteiger partial charge in [0.1, 0.15) is 29.3 Å². The quantitative estimate of drug-likeness (QED) is 0.421. The summed E-state index contributed by atoms with van der Waals surface area (Å²) in [6.45, 7) is 0. The number of nitrogens with one attached hydrogen (secondary N) is 1. The average Bonchev–Trinajstić information content (AvgIpc) is 3.47. The maximum Gasteiger partial charge on any atom is 0.146 e. The molecule has 0 spiro atoms. The highest BCUT2D eigenvalue weighted by atomic mass is 16.5. The summed E-state index contributed by atoms with van der Waals surface area (Å²) in [7, 11) is 3.36. The summed E-state index contributed by atoms with van der Waals surface area (Å²) in [6.07, 6.45) is 6.51. The lowest BCUT2D eigenvalue weighted by Crippen LogP contribution is -2.07. The number of aromatic nitrogens is 3. The molecular weight excluding hydrogens is 388 g/mol. The number of anilines is 2. The summed E-state index contributed by atoms with van der Waals surface area (Å²) >= 11 is 0. The molecule has 0 amide bonds. The smallest absolute Gasteiger partial charge is 0.146 e. The number of methoxy groups -OCH3 is 2. The number of rotatable bonds is 6. The van der Waals surface area contributed by atoms with E-state index in [0.29, 0.717) is 6.04 Å². The molecule has 4 aromatic rings. The van der Waals surface area contributed by atoms with Crippen molar-refractivity contribution in [1.29, 1.82) is 0 Å². The van der Waals surface area contributed by atoms with E-state index < -0.39 is 0 Å². The molecule has 2 aromatic heterocycles. The maximum atomic E-state index is 5.36. The molecule has 5 rings (SSSR count). The molecule has 0 bridgehead atoms. The summed E-state index contributed by atoms with van der Waals surface area (Å²) < 4.78 is 13.1. The van der Waals surface area contributed by atoms with Gasteiger partial charge in [0, 0.05) is 17.8 Å². The maximum absolute atomic E-state index is 5.36. The first-order valence-corrected chi connectivity index (χ1v) is 10.7. The van der Waals surface area contributed by atoms with Crippen molar-refractivity contribution in [2.45, 2.75) is 31.7 Å². The van der Waals surface area contributed by atoms with Crippen LogP contribution in [0.15, 0.2) is 60.9 Å². The fourth-order valence-corrected chi connectivity index (χ4v) is 4.48. The number of ether oxygens (including phenoxy) is 2. The van der Waals surface area contributed by atoms with E-state index in [-0.39, 0.29) is 0 Å². The van der Waals surface area contributed by atoms with Crippen LogP contribution in [0.3, 0.4) is 0 Å². The molecule has 31 heavy (non-hydrogen) atoms. The lowest BCUT2D eigenvalue weighted by Gasteiger charge is -2.17. The molecular formula is C25H26N4O2. The Balaban J connectivity index is 1.63. The zero-order valence-electron chi connectivity index (χ0n) is 17.8. The third-order valence-electron chi connectivity index (χ3n) is 6.04. The molecule has 1 saturated carbocycles. The molecule has 158 valence electrons. The number of hydrogen-bond donors (Lipinski definition) is 1. The van der Waals surface area contributed by atoms with E-state index in [1.807, 2.05) is 36.4 Å². The minimum absolute atomic E-state index is 0.453. The second kappa shape index (κ2) is 8.30. The van der Waals surface area contributed by atoms with Crippen LogP contribution in [0.2, 0.25) is 0 Å². The van der Waals surface area contributed by atoms with Crippen LogP contribution in [0.1, 0.15) is 31.7 Å². The van der Waals surface area contributed by atoms with Crippen molar-refractivity contribution < 1.29 is 9.47 Å². The zero-order valence-corrected chi connectivity index (χ0v) is 17.8. The van der Waals surface area contributed by atoms with Gasteiger partial charge in [-0.15, -0.1) is 0 Å². The number of hydrogen-bond acceptors (Lipinski definition) is 5. The summed E-state index contributed by atoms with van der Waals surface area (Å²) in [5.74, 6) is 2.45. The highest BCUT2D eigenvalue weighted by Gasteiger charge is 2.24. The van der Waals surface area contributed by atoms with Crippen molar-refractivity contribution in [1.82, 2.24) is 14.5 Å². The number of nitrogens with zero attached hydrogens (tertiary/aromatic N) is 3. The van der Waals surface area contributed by atoms with Crippen LogP contribution in [-0.4, -0.2) is 28.8 Å². The molecule has 0 unspecified atom stereocenters. The minimum Gasteiger partial charge on any atom is -0.497 e. The Bertz CT molecular complexity index is 1190. The molecule has 0 atom stereocenters. The van der Waals surface area contributed by atoms with Gasteiger partial charge in [0.25, 0.3) is 0 Å². The summed E-state index contributed by atoms with van der Waals surface area (Å²) in [4.78, 5) is 9.27. The second-order valence-electron chi connectivity index (χ2n) is 7.88. The van der Waals surface area contributed by atoms with Gasteiger partial charge < -0.3 is 19.4 Å². The Kier molecular flexibility index (Phi) is 5.20. The molecule has 1 N–H and O–H groups in total. The van der Waals surface area contributed by atoms with Crippen molar-refractivity contribution in [3.8, 4) is 22.8 Å². The van der Waals surface area contributed by atoms with Crippen molar-refractivity contribution in [3.63, 3.8) is 0 Å². The van der Waals surface area contributed by atoms with Crippen molar-refractivity contribution in [2.24, 2.45) is 0 Å². The van der Waals surface area contributed by atoms with E-state index in [0.717, 1.165) is 39.6 Å². The summed E-state index contributed by atoms with van der Waals surface area (Å²) in [5.41, 5.74) is 4.22. The van der Waals surface area contributed by atoms with Crippen LogP contribution in [0, 0.1) is 0 Å². The normalized spacial score (nSPS) is 14.1. The Morgan fingerprint density at radius 1 is 0.903 bits per heavy atom. The van der Waals surface area contributed by atoms with Crippen molar-refractivity contribution >= 4 is 22.5 Å². The van der Waals surface area contributed by atoms with Gasteiger partial charge in [-0.2, -0.15) is 0 Å². The highest BCUT2D eigenvalue weighted by molar-refractivity contribution is 5.94. The van der Waals surface area contributed by atoms with Crippen LogP contribution in [-0.2, 0) is 0 Å². The predicted molar refractivity (Wildman–Crippen MR) is 123 cm³/mol.